The van der Waals surface area contributed by atoms with Crippen LogP contribution >= 0.6 is 0 Å². The zero-order valence-electron chi connectivity index (χ0n) is 10.2. The van der Waals surface area contributed by atoms with Crippen LogP contribution in [0.5, 0.6) is 0 Å². The molecule has 0 aromatic carbocycles. The van der Waals surface area contributed by atoms with E-state index in [1.165, 1.54) is 64.2 Å². The van der Waals surface area contributed by atoms with Crippen molar-refractivity contribution in [2.24, 2.45) is 0 Å². The van der Waals surface area contributed by atoms with E-state index in [0.717, 1.165) is 6.42 Å². The monoisotopic (exact) mass is 302 g/mol. The second kappa shape index (κ2) is 16.9. The van der Waals surface area contributed by atoms with Gasteiger partial charge in [0.2, 0.25) is 0 Å². The van der Waals surface area contributed by atoms with Gasteiger partial charge in [-0.2, -0.15) is 0 Å². The molecular weight excluding hydrogens is 276 g/mol. The molecule has 0 saturated carbocycles. The van der Waals surface area contributed by atoms with E-state index in [-0.39, 0.29) is 22.4 Å². The smallest absolute Gasteiger partial charge is 0.518 e. The molecule has 94 valence electrons. The second-order valence-corrected chi connectivity index (χ2v) is 4.21. The van der Waals surface area contributed by atoms with Gasteiger partial charge in [0.05, 0.1) is 0 Å². The van der Waals surface area contributed by atoms with Crippen LogP contribution in [0.3, 0.4) is 0 Å². The maximum absolute atomic E-state index is 5.31. The fraction of sp³-hybridized carbons (Fsp3) is 0.857. The van der Waals surface area contributed by atoms with Crippen LogP contribution in [0.15, 0.2) is 6.08 Å². The van der Waals surface area contributed by atoms with Crippen molar-refractivity contribution < 1.29 is 22.4 Å². The largest absolute Gasteiger partial charge is 1.00 e. The Hall–Kier alpha value is 0.480. The maximum atomic E-state index is 5.31. The minimum absolute atomic E-state index is 0. The van der Waals surface area contributed by atoms with E-state index >= 15 is 0 Å². The third-order valence-electron chi connectivity index (χ3n) is 2.72. The van der Waals surface area contributed by atoms with Crippen LogP contribution in [0.2, 0.25) is 0 Å². The summed E-state index contributed by atoms with van der Waals surface area (Å²) in [5.41, 5.74) is 0. The molecule has 0 aliphatic carbocycles. The number of hydrogen-bond donors (Lipinski definition) is 0. The molecule has 1 heteroatoms. The molecule has 15 heavy (non-hydrogen) atoms. The maximum Gasteiger partial charge on any atom is 1.00 e. The summed E-state index contributed by atoms with van der Waals surface area (Å²) in [6, 6.07) is 0. The van der Waals surface area contributed by atoms with Gasteiger partial charge in [0.1, 0.15) is 0 Å². The summed E-state index contributed by atoms with van der Waals surface area (Å²) in [5.74, 6) is 0. The van der Waals surface area contributed by atoms with E-state index in [4.69, 9.17) is 6.58 Å². The first-order valence-electron chi connectivity index (χ1n) is 6.45. The quantitative estimate of drug-likeness (QED) is 0.276. The molecule has 0 aliphatic rings. The molecule has 0 radical (unpaired) electrons. The molecule has 0 aliphatic heterocycles. The van der Waals surface area contributed by atoms with Gasteiger partial charge in [-0.25, -0.2) is 0 Å². The Kier molecular flexibility index (Phi) is 20.1. The van der Waals surface area contributed by atoms with E-state index in [0.29, 0.717) is 0 Å². The summed E-state index contributed by atoms with van der Waals surface area (Å²) in [6.07, 6.45) is 16.9. The molecule has 0 N–H and O–H groups in total. The van der Waals surface area contributed by atoms with Crippen LogP contribution in [0.1, 0.15) is 77.6 Å². The Morgan fingerprint density at radius 3 is 1.53 bits per heavy atom. The zero-order valence-corrected chi connectivity index (χ0v) is 11.7. The van der Waals surface area contributed by atoms with Crippen LogP contribution in [0, 0.1) is 6.58 Å². The van der Waals surface area contributed by atoms with Crippen molar-refractivity contribution in [3.8, 4) is 0 Å². The molecule has 0 spiro atoms. The third-order valence-corrected chi connectivity index (χ3v) is 2.72. The molecule has 0 aromatic rings. The Morgan fingerprint density at radius 1 is 0.733 bits per heavy atom. The second-order valence-electron chi connectivity index (χ2n) is 4.21. The van der Waals surface area contributed by atoms with Crippen LogP contribution in [-0.2, 0) is 22.4 Å². The van der Waals surface area contributed by atoms with Crippen molar-refractivity contribution in [1.29, 1.82) is 0 Å². The number of rotatable bonds is 11. The molecule has 0 unspecified atom stereocenters. The molecular formula is C14H27Ag. The van der Waals surface area contributed by atoms with Crippen molar-refractivity contribution in [3.05, 3.63) is 12.7 Å². The minimum atomic E-state index is 0. The van der Waals surface area contributed by atoms with Crippen molar-refractivity contribution in [2.75, 3.05) is 0 Å². The first kappa shape index (κ1) is 17.9. The van der Waals surface area contributed by atoms with E-state index in [1.807, 2.05) is 0 Å². The van der Waals surface area contributed by atoms with Gasteiger partial charge in [-0.15, -0.1) is 0 Å². The van der Waals surface area contributed by atoms with Crippen LogP contribution in [-0.4, -0.2) is 0 Å². The average molecular weight is 303 g/mol. The molecule has 0 aromatic heterocycles. The van der Waals surface area contributed by atoms with Gasteiger partial charge < -0.3 is 6.58 Å². The molecule has 0 fully saturated rings. The Labute approximate surface area is 112 Å². The molecule has 0 heterocycles. The van der Waals surface area contributed by atoms with E-state index in [9.17, 15) is 0 Å². The Balaban J connectivity index is 0. The SMILES string of the molecule is [Ag+].[CH-]=CCCCCCCCCCCCC. The number of allylic oxidation sites excluding steroid dienone is 1. The Morgan fingerprint density at radius 2 is 1.13 bits per heavy atom. The van der Waals surface area contributed by atoms with Gasteiger partial charge in [0.15, 0.2) is 0 Å². The normalized spacial score (nSPS) is 9.67. The fourth-order valence-corrected chi connectivity index (χ4v) is 1.75. The molecule has 0 bridgehead atoms. The predicted octanol–water partition coefficient (Wildman–Crippen LogP) is 5.28. The van der Waals surface area contributed by atoms with Crippen LogP contribution in [0.4, 0.5) is 0 Å². The van der Waals surface area contributed by atoms with Crippen LogP contribution in [0.25, 0.3) is 0 Å². The summed E-state index contributed by atoms with van der Waals surface area (Å²) >= 11 is 0. The summed E-state index contributed by atoms with van der Waals surface area (Å²) < 4.78 is 0. The molecule has 0 saturated heterocycles. The van der Waals surface area contributed by atoms with Gasteiger partial charge in [-0.05, 0) is 0 Å². The molecule has 0 nitrogen and oxygen atoms in total. The van der Waals surface area contributed by atoms with Gasteiger partial charge in [0.25, 0.3) is 0 Å². The third kappa shape index (κ3) is 17.1. The van der Waals surface area contributed by atoms with Crippen molar-refractivity contribution in [2.45, 2.75) is 77.6 Å². The van der Waals surface area contributed by atoms with Gasteiger partial charge >= 0.3 is 22.4 Å². The van der Waals surface area contributed by atoms with E-state index in [1.54, 1.807) is 6.08 Å². The van der Waals surface area contributed by atoms with Gasteiger partial charge in [-0.1, -0.05) is 77.6 Å². The van der Waals surface area contributed by atoms with E-state index in [2.05, 4.69) is 6.92 Å². The van der Waals surface area contributed by atoms with Gasteiger partial charge in [-0.3, -0.25) is 6.08 Å². The summed E-state index contributed by atoms with van der Waals surface area (Å²) in [4.78, 5) is 0. The topological polar surface area (TPSA) is 0 Å². The van der Waals surface area contributed by atoms with Crippen molar-refractivity contribution in [3.63, 3.8) is 0 Å². The fourth-order valence-electron chi connectivity index (χ4n) is 1.75. The summed E-state index contributed by atoms with van der Waals surface area (Å²) in [5, 5.41) is 0. The standard InChI is InChI=1S/C14H27.Ag/c1-3-5-7-9-11-13-14-12-10-8-6-4-2;/h1,3H,4-14H2,2H3;/q-1;+1. The number of hydrogen-bond acceptors (Lipinski definition) is 0. The van der Waals surface area contributed by atoms with Crippen LogP contribution < -0.4 is 0 Å². The minimum Gasteiger partial charge on any atom is -0.518 e. The Bertz CT molecular complexity index is 110. The van der Waals surface area contributed by atoms with Crippen molar-refractivity contribution >= 4 is 0 Å². The molecule has 0 amide bonds. The zero-order chi connectivity index (χ0) is 10.5. The number of unbranched alkanes of at least 4 members (excludes halogenated alkanes) is 10. The first-order valence-corrected chi connectivity index (χ1v) is 6.45. The van der Waals surface area contributed by atoms with Crippen molar-refractivity contribution in [1.82, 2.24) is 0 Å². The summed E-state index contributed by atoms with van der Waals surface area (Å²) in [7, 11) is 0. The van der Waals surface area contributed by atoms with Gasteiger partial charge in [0, 0.05) is 0 Å². The first-order chi connectivity index (χ1) is 6.91. The molecule has 0 rings (SSSR count). The molecule has 0 atom stereocenters. The van der Waals surface area contributed by atoms with E-state index < -0.39 is 0 Å². The average Bonchev–Trinajstić information content (AvgIpc) is 2.21. The predicted molar refractivity (Wildman–Crippen MR) is 65.3 cm³/mol. The summed E-state index contributed by atoms with van der Waals surface area (Å²) in [6.45, 7) is 7.58.